The number of rotatable bonds is 7. The van der Waals surface area contributed by atoms with Gasteiger partial charge in [0.15, 0.2) is 0 Å². The van der Waals surface area contributed by atoms with Gasteiger partial charge in [0.2, 0.25) is 5.91 Å². The highest BCUT2D eigenvalue weighted by Crippen LogP contribution is 2.19. The minimum Gasteiger partial charge on any atom is -0.497 e. The molecule has 1 amide bonds. The second kappa shape index (κ2) is 9.20. The minimum atomic E-state index is -0.220. The summed E-state index contributed by atoms with van der Waals surface area (Å²) in [6, 6.07) is 18.6. The number of anilines is 1. The van der Waals surface area contributed by atoms with Gasteiger partial charge in [-0.25, -0.2) is 0 Å². The number of aromatic nitrogens is 1. The van der Waals surface area contributed by atoms with Crippen molar-refractivity contribution >= 4 is 17.7 Å². The largest absolute Gasteiger partial charge is 0.497 e. The van der Waals surface area contributed by atoms with E-state index in [1.807, 2.05) is 54.6 Å². The molecule has 0 atom stereocenters. The van der Waals surface area contributed by atoms with Crippen molar-refractivity contribution in [2.24, 2.45) is 0 Å². The van der Waals surface area contributed by atoms with Crippen LogP contribution in [0.5, 0.6) is 11.5 Å². The number of pyridine rings is 1. The molecule has 27 heavy (non-hydrogen) atoms. The fourth-order valence-electron chi connectivity index (χ4n) is 2.41. The van der Waals surface area contributed by atoms with Crippen LogP contribution in [0.3, 0.4) is 0 Å². The maximum Gasteiger partial charge on any atom is 0.248 e. The molecule has 0 aliphatic heterocycles. The molecule has 0 radical (unpaired) electrons. The quantitative estimate of drug-likeness (QED) is 0.638. The van der Waals surface area contributed by atoms with Gasteiger partial charge in [0.1, 0.15) is 18.1 Å². The van der Waals surface area contributed by atoms with Crippen molar-refractivity contribution in [1.29, 1.82) is 0 Å². The summed E-state index contributed by atoms with van der Waals surface area (Å²) in [5.41, 5.74) is 2.53. The molecule has 2 aromatic carbocycles. The highest BCUT2D eigenvalue weighted by Gasteiger charge is 2.01. The van der Waals surface area contributed by atoms with Crippen molar-refractivity contribution < 1.29 is 14.3 Å². The van der Waals surface area contributed by atoms with E-state index in [2.05, 4.69) is 10.3 Å². The lowest BCUT2D eigenvalue weighted by atomic mass is 10.2. The topological polar surface area (TPSA) is 60.5 Å². The lowest BCUT2D eigenvalue weighted by Gasteiger charge is -2.08. The van der Waals surface area contributed by atoms with Gasteiger partial charge in [-0.2, -0.15) is 0 Å². The van der Waals surface area contributed by atoms with Crippen LogP contribution in [-0.2, 0) is 11.4 Å². The van der Waals surface area contributed by atoms with Crippen LogP contribution in [0.25, 0.3) is 6.08 Å². The summed E-state index contributed by atoms with van der Waals surface area (Å²) in [7, 11) is 1.61. The molecule has 3 aromatic rings. The number of ether oxygens (including phenoxy) is 2. The third-order valence-corrected chi connectivity index (χ3v) is 3.75. The van der Waals surface area contributed by atoms with Crippen molar-refractivity contribution in [2.45, 2.75) is 6.61 Å². The molecule has 136 valence electrons. The van der Waals surface area contributed by atoms with E-state index in [1.54, 1.807) is 31.6 Å². The van der Waals surface area contributed by atoms with Crippen molar-refractivity contribution in [3.05, 3.63) is 90.3 Å². The summed E-state index contributed by atoms with van der Waals surface area (Å²) in [4.78, 5) is 16.2. The molecule has 1 N–H and O–H groups in total. The third kappa shape index (κ3) is 5.71. The molecule has 5 heteroatoms. The van der Waals surface area contributed by atoms with Crippen LogP contribution in [0.1, 0.15) is 11.1 Å². The van der Waals surface area contributed by atoms with E-state index in [1.165, 1.54) is 6.08 Å². The normalized spacial score (nSPS) is 10.6. The Balaban J connectivity index is 1.58. The molecule has 0 aliphatic rings. The fourth-order valence-corrected chi connectivity index (χ4v) is 2.41. The minimum absolute atomic E-state index is 0.220. The average Bonchev–Trinajstić information content (AvgIpc) is 2.72. The molecule has 0 spiro atoms. The maximum atomic E-state index is 12.2. The van der Waals surface area contributed by atoms with Crippen LogP contribution in [-0.4, -0.2) is 18.0 Å². The van der Waals surface area contributed by atoms with Gasteiger partial charge in [-0.15, -0.1) is 0 Å². The van der Waals surface area contributed by atoms with E-state index in [0.29, 0.717) is 18.0 Å². The maximum absolute atomic E-state index is 12.2. The van der Waals surface area contributed by atoms with Crippen molar-refractivity contribution in [3.63, 3.8) is 0 Å². The van der Waals surface area contributed by atoms with Crippen LogP contribution in [0.2, 0.25) is 0 Å². The SMILES string of the molecule is COc1cccc(/C=C/C(=O)Nc2cccc(OCc3cccnc3)c2)c1. The smallest absolute Gasteiger partial charge is 0.248 e. The monoisotopic (exact) mass is 360 g/mol. The van der Waals surface area contributed by atoms with Gasteiger partial charge in [0, 0.05) is 35.8 Å². The first-order chi connectivity index (χ1) is 13.2. The molecule has 5 nitrogen and oxygen atoms in total. The molecule has 1 aromatic heterocycles. The van der Waals surface area contributed by atoms with Gasteiger partial charge in [0.05, 0.1) is 7.11 Å². The zero-order valence-corrected chi connectivity index (χ0v) is 15.0. The predicted octanol–water partition coefficient (Wildman–Crippen LogP) is 4.32. The Morgan fingerprint density at radius 2 is 1.93 bits per heavy atom. The van der Waals surface area contributed by atoms with Crippen molar-refractivity contribution in [3.8, 4) is 11.5 Å². The van der Waals surface area contributed by atoms with E-state index >= 15 is 0 Å². The average molecular weight is 360 g/mol. The molecule has 0 aliphatic carbocycles. The van der Waals surface area contributed by atoms with Crippen LogP contribution in [0, 0.1) is 0 Å². The zero-order valence-electron chi connectivity index (χ0n) is 15.0. The molecular formula is C22H20N2O3. The first kappa shape index (κ1) is 18.2. The van der Waals surface area contributed by atoms with Gasteiger partial charge in [-0.1, -0.05) is 24.3 Å². The molecule has 0 saturated carbocycles. The van der Waals surface area contributed by atoms with Gasteiger partial charge in [-0.3, -0.25) is 9.78 Å². The van der Waals surface area contributed by atoms with E-state index in [0.717, 1.165) is 16.9 Å². The highest BCUT2D eigenvalue weighted by atomic mass is 16.5. The molecular weight excluding hydrogens is 340 g/mol. The number of amides is 1. The van der Waals surface area contributed by atoms with Crippen LogP contribution < -0.4 is 14.8 Å². The summed E-state index contributed by atoms with van der Waals surface area (Å²) in [5, 5.41) is 2.83. The van der Waals surface area contributed by atoms with E-state index in [9.17, 15) is 4.79 Å². The Kier molecular flexibility index (Phi) is 6.20. The summed E-state index contributed by atoms with van der Waals surface area (Å²) in [6.45, 7) is 0.418. The lowest BCUT2D eigenvalue weighted by Crippen LogP contribution is -2.07. The first-order valence-corrected chi connectivity index (χ1v) is 8.48. The molecule has 1 heterocycles. The van der Waals surface area contributed by atoms with Crippen LogP contribution >= 0.6 is 0 Å². The second-order valence-corrected chi connectivity index (χ2v) is 5.78. The van der Waals surface area contributed by atoms with Crippen LogP contribution in [0.4, 0.5) is 5.69 Å². The molecule has 3 rings (SSSR count). The van der Waals surface area contributed by atoms with Crippen molar-refractivity contribution in [1.82, 2.24) is 4.98 Å². The number of methoxy groups -OCH3 is 1. The van der Waals surface area contributed by atoms with Crippen molar-refractivity contribution in [2.75, 3.05) is 12.4 Å². The zero-order chi connectivity index (χ0) is 18.9. The number of hydrogen-bond donors (Lipinski definition) is 1. The standard InChI is InChI=1S/C22H20N2O3/c1-26-20-8-2-5-17(13-20)10-11-22(25)24-19-7-3-9-21(14-19)27-16-18-6-4-12-23-15-18/h2-15H,16H2,1H3,(H,24,25)/b11-10+. The van der Waals surface area contributed by atoms with Gasteiger partial charge in [0.25, 0.3) is 0 Å². The number of nitrogens with one attached hydrogen (secondary N) is 1. The lowest BCUT2D eigenvalue weighted by molar-refractivity contribution is -0.111. The molecule has 0 saturated heterocycles. The second-order valence-electron chi connectivity index (χ2n) is 5.78. The number of nitrogens with zero attached hydrogens (tertiary/aromatic N) is 1. The third-order valence-electron chi connectivity index (χ3n) is 3.75. The Bertz CT molecular complexity index is 924. The van der Waals surface area contributed by atoms with Crippen LogP contribution in [0.15, 0.2) is 79.1 Å². The summed E-state index contributed by atoms with van der Waals surface area (Å²) in [6.07, 6.45) is 6.70. The number of carbonyl (C=O) groups excluding carboxylic acids is 1. The molecule has 0 unspecified atom stereocenters. The van der Waals surface area contributed by atoms with Gasteiger partial charge in [-0.05, 0) is 42.0 Å². The number of benzene rings is 2. The molecule has 0 bridgehead atoms. The Hall–Kier alpha value is -3.60. The summed E-state index contributed by atoms with van der Waals surface area (Å²) in [5.74, 6) is 1.20. The summed E-state index contributed by atoms with van der Waals surface area (Å²) < 4.78 is 10.9. The first-order valence-electron chi connectivity index (χ1n) is 8.48. The Labute approximate surface area is 158 Å². The van der Waals surface area contributed by atoms with Gasteiger partial charge >= 0.3 is 0 Å². The van der Waals surface area contributed by atoms with E-state index < -0.39 is 0 Å². The Morgan fingerprint density at radius 3 is 2.74 bits per heavy atom. The van der Waals surface area contributed by atoms with Gasteiger partial charge < -0.3 is 14.8 Å². The highest BCUT2D eigenvalue weighted by molar-refractivity contribution is 6.02. The number of hydrogen-bond acceptors (Lipinski definition) is 4. The van der Waals surface area contributed by atoms with E-state index in [-0.39, 0.29) is 5.91 Å². The fraction of sp³-hybridized carbons (Fsp3) is 0.0909. The Morgan fingerprint density at radius 1 is 1.07 bits per heavy atom. The predicted molar refractivity (Wildman–Crippen MR) is 106 cm³/mol. The number of carbonyl (C=O) groups is 1. The van der Waals surface area contributed by atoms with E-state index in [4.69, 9.17) is 9.47 Å². The molecule has 0 fully saturated rings. The summed E-state index contributed by atoms with van der Waals surface area (Å²) >= 11 is 0.